The zero-order chi connectivity index (χ0) is 52.2. The molecular formula is C45H69N13O12. The molecule has 0 aliphatic carbocycles. The summed E-state index contributed by atoms with van der Waals surface area (Å²) in [6.45, 7) is 8.52. The van der Waals surface area contributed by atoms with E-state index in [-0.39, 0.29) is 63.3 Å². The van der Waals surface area contributed by atoms with Gasteiger partial charge in [0, 0.05) is 37.8 Å². The number of nitrogens with zero attached hydrogens (tertiary/aromatic N) is 3. The van der Waals surface area contributed by atoms with Crippen molar-refractivity contribution in [2.45, 2.75) is 141 Å². The van der Waals surface area contributed by atoms with Crippen molar-refractivity contribution < 1.29 is 58.5 Å². The van der Waals surface area contributed by atoms with Gasteiger partial charge in [-0.1, -0.05) is 53.2 Å². The molecule has 70 heavy (non-hydrogen) atoms. The quantitative estimate of drug-likeness (QED) is 0.0246. The number of likely N-dealkylation sites (tertiary alicyclic amines) is 1. The van der Waals surface area contributed by atoms with Crippen molar-refractivity contribution in [1.29, 1.82) is 0 Å². The third kappa shape index (κ3) is 17.6. The Morgan fingerprint density at radius 3 is 1.97 bits per heavy atom. The Balaban J connectivity index is 1.93. The summed E-state index contributed by atoms with van der Waals surface area (Å²) in [5, 5.41) is 44.4. The minimum Gasteiger partial charge on any atom is -0.508 e. The molecule has 25 heteroatoms. The van der Waals surface area contributed by atoms with Crippen LogP contribution in [0, 0.1) is 11.8 Å². The number of amides is 7. The van der Waals surface area contributed by atoms with E-state index >= 15 is 0 Å². The number of aromatic hydroxyl groups is 1. The molecule has 25 nitrogen and oxygen atoms in total. The van der Waals surface area contributed by atoms with E-state index in [0.29, 0.717) is 24.1 Å². The highest BCUT2D eigenvalue weighted by molar-refractivity contribution is 5.98. The summed E-state index contributed by atoms with van der Waals surface area (Å²) < 4.78 is 0. The number of nitrogens with one attached hydrogen (secondary N) is 7. The molecule has 0 saturated carbocycles. The first-order valence-corrected chi connectivity index (χ1v) is 23.2. The third-order valence-corrected chi connectivity index (χ3v) is 11.8. The SMILES string of the molecule is CCC(NC(=O)[C@@H]1CCCN1C(=O)[C@H](Cc1cnc[nH]1)NC(=O)[C@@H](NC(=O)[C@H](Cc1ccc(O)cc1)NC(=O)[C@@H](NC(=O)[C@H](CCCN=C(N)N)NC(=O)[C@@H](N)CC(=O)O)C(C)C)[C@@H](C)CC)C(=O)O. The number of H-pyrrole nitrogens is 1. The third-order valence-electron chi connectivity index (χ3n) is 11.8. The molecule has 1 aliphatic rings. The van der Waals surface area contributed by atoms with Crippen LogP contribution in [0.4, 0.5) is 0 Å². The van der Waals surface area contributed by atoms with E-state index in [2.05, 4.69) is 46.9 Å². The first kappa shape index (κ1) is 57.0. The van der Waals surface area contributed by atoms with Crippen LogP contribution >= 0.6 is 0 Å². The second kappa shape index (κ2) is 27.6. The highest BCUT2D eigenvalue weighted by Crippen LogP contribution is 2.21. The van der Waals surface area contributed by atoms with Crippen molar-refractivity contribution in [3.63, 3.8) is 0 Å². The number of carboxylic acid groups (broad SMARTS) is 2. The number of aromatic amines is 1. The Hall–Kier alpha value is -7.31. The van der Waals surface area contributed by atoms with Crippen LogP contribution in [0.1, 0.15) is 90.8 Å². The Bertz CT molecular complexity index is 2150. The summed E-state index contributed by atoms with van der Waals surface area (Å²) in [5.74, 6) is -9.53. The largest absolute Gasteiger partial charge is 0.508 e. The fourth-order valence-corrected chi connectivity index (χ4v) is 7.60. The molecule has 2 heterocycles. The molecule has 0 spiro atoms. The molecule has 1 aliphatic heterocycles. The van der Waals surface area contributed by atoms with Crippen LogP contribution in [-0.2, 0) is 56.0 Å². The van der Waals surface area contributed by atoms with E-state index < -0.39 is 120 Å². The zero-order valence-electron chi connectivity index (χ0n) is 40.1. The monoisotopic (exact) mass is 984 g/mol. The molecule has 0 radical (unpaired) electrons. The number of carboxylic acids is 2. The van der Waals surface area contributed by atoms with Gasteiger partial charge in [-0.3, -0.25) is 43.3 Å². The number of rotatable bonds is 28. The van der Waals surface area contributed by atoms with Crippen molar-refractivity contribution in [1.82, 2.24) is 46.8 Å². The molecule has 3 rings (SSSR count). The van der Waals surface area contributed by atoms with Crippen LogP contribution in [-0.4, -0.2) is 151 Å². The highest BCUT2D eigenvalue weighted by atomic mass is 16.4. The summed E-state index contributed by atoms with van der Waals surface area (Å²) in [4.78, 5) is 132. The lowest BCUT2D eigenvalue weighted by Crippen LogP contribution is -2.62. The molecule has 9 atom stereocenters. The minimum absolute atomic E-state index is 0.0556. The zero-order valence-corrected chi connectivity index (χ0v) is 40.1. The lowest BCUT2D eigenvalue weighted by Gasteiger charge is -2.32. The lowest BCUT2D eigenvalue weighted by atomic mass is 9.96. The molecule has 0 bridgehead atoms. The molecule has 16 N–H and O–H groups in total. The van der Waals surface area contributed by atoms with E-state index in [0.717, 1.165) is 0 Å². The van der Waals surface area contributed by atoms with Crippen LogP contribution in [0.25, 0.3) is 0 Å². The summed E-state index contributed by atoms with van der Waals surface area (Å²) in [7, 11) is 0. The van der Waals surface area contributed by atoms with Crippen molar-refractivity contribution in [2.75, 3.05) is 13.1 Å². The fraction of sp³-hybridized carbons (Fsp3) is 0.578. The Kier molecular flexibility index (Phi) is 22.5. The number of hydrogen-bond acceptors (Lipinski definition) is 13. The van der Waals surface area contributed by atoms with Crippen LogP contribution < -0.4 is 49.1 Å². The first-order chi connectivity index (χ1) is 33.1. The van der Waals surface area contributed by atoms with Gasteiger partial charge in [-0.15, -0.1) is 0 Å². The Morgan fingerprint density at radius 2 is 1.40 bits per heavy atom. The van der Waals surface area contributed by atoms with Gasteiger partial charge in [0.15, 0.2) is 5.96 Å². The molecular weight excluding hydrogens is 915 g/mol. The van der Waals surface area contributed by atoms with Gasteiger partial charge in [0.25, 0.3) is 0 Å². The molecule has 1 fully saturated rings. The number of carbonyl (C=O) groups is 9. The van der Waals surface area contributed by atoms with Gasteiger partial charge in [-0.05, 0) is 61.6 Å². The molecule has 386 valence electrons. The van der Waals surface area contributed by atoms with Crippen LogP contribution in [0.3, 0.4) is 0 Å². The molecule has 1 aromatic carbocycles. The number of guanidine groups is 1. The standard InChI is InChI=1S/C45H69N13O12/c1-6-24(5)36(42(67)55-32(19-26-21-49-22-51-26)43(68)58-17-9-11-33(58)40(65)52-29(7-2)44(69)70)57-39(64)31(18-25-12-14-27(59)15-13-25)54-41(66)35(23(3)4)56-38(63)30(10-8-16-50-45(47)48)53-37(62)28(46)20-34(60)61/h12-15,21-24,28-33,35-36,59H,6-11,16-20,46H2,1-5H3,(H,49,51)(H,52,65)(H,53,62)(H,54,66)(H,55,67)(H,56,63)(H,57,64)(H,60,61)(H,69,70)(H4,47,48,50)/t24-,28-,29?,30-,31-,32-,33-,35-,36-/m0/s1. The van der Waals surface area contributed by atoms with E-state index in [9.17, 15) is 53.4 Å². The summed E-state index contributed by atoms with van der Waals surface area (Å²) in [6, 6.07) is -4.56. The number of benzene rings is 1. The van der Waals surface area contributed by atoms with E-state index in [1.807, 2.05) is 0 Å². The second-order valence-corrected chi connectivity index (χ2v) is 17.6. The van der Waals surface area contributed by atoms with Gasteiger partial charge < -0.3 is 74.3 Å². The number of aromatic nitrogens is 2. The number of phenols is 1. The Labute approximate surface area is 405 Å². The molecule has 1 saturated heterocycles. The number of hydrogen-bond donors (Lipinski definition) is 13. The smallest absolute Gasteiger partial charge is 0.326 e. The van der Waals surface area contributed by atoms with Crippen molar-refractivity contribution >= 4 is 59.2 Å². The van der Waals surface area contributed by atoms with Gasteiger partial charge >= 0.3 is 11.9 Å². The van der Waals surface area contributed by atoms with Gasteiger partial charge in [-0.2, -0.15) is 0 Å². The molecule has 7 amide bonds. The summed E-state index contributed by atoms with van der Waals surface area (Å²) >= 11 is 0. The maximum absolute atomic E-state index is 14.5. The van der Waals surface area contributed by atoms with Gasteiger partial charge in [0.2, 0.25) is 41.4 Å². The summed E-state index contributed by atoms with van der Waals surface area (Å²) in [5.41, 5.74) is 17.5. The topological polar surface area (TPSA) is 409 Å². The number of aliphatic imine (C=N–C) groups is 1. The van der Waals surface area contributed by atoms with Crippen LogP contribution in [0.15, 0.2) is 41.8 Å². The predicted molar refractivity (Wildman–Crippen MR) is 253 cm³/mol. The minimum atomic E-state index is -1.51. The molecule has 2 aromatic rings. The average molecular weight is 984 g/mol. The molecule has 1 unspecified atom stereocenters. The fourth-order valence-electron chi connectivity index (χ4n) is 7.60. The van der Waals surface area contributed by atoms with E-state index in [1.54, 1.807) is 34.6 Å². The van der Waals surface area contributed by atoms with Gasteiger partial charge in [-0.25, -0.2) is 9.78 Å². The normalized spacial score (nSPS) is 16.7. The number of carbonyl (C=O) groups excluding carboxylic acids is 7. The molecule has 1 aromatic heterocycles. The van der Waals surface area contributed by atoms with Gasteiger partial charge in [0.05, 0.1) is 18.8 Å². The first-order valence-electron chi connectivity index (χ1n) is 23.2. The second-order valence-electron chi connectivity index (χ2n) is 17.6. The van der Waals surface area contributed by atoms with E-state index in [1.165, 1.54) is 41.7 Å². The summed E-state index contributed by atoms with van der Waals surface area (Å²) in [6.07, 6.45) is 3.11. The maximum atomic E-state index is 14.5. The Morgan fingerprint density at radius 1 is 0.786 bits per heavy atom. The average Bonchev–Trinajstić information content (AvgIpc) is 4.02. The van der Waals surface area contributed by atoms with Gasteiger partial charge in [0.1, 0.15) is 48.0 Å². The van der Waals surface area contributed by atoms with E-state index in [4.69, 9.17) is 22.3 Å². The lowest BCUT2D eigenvalue weighted by molar-refractivity contribution is -0.145. The van der Waals surface area contributed by atoms with Crippen molar-refractivity contribution in [2.24, 2.45) is 34.0 Å². The number of aliphatic carboxylic acids is 2. The van der Waals surface area contributed by atoms with Crippen LogP contribution in [0.5, 0.6) is 5.75 Å². The van der Waals surface area contributed by atoms with Crippen molar-refractivity contribution in [3.05, 3.63) is 48.0 Å². The van der Waals surface area contributed by atoms with Crippen LogP contribution in [0.2, 0.25) is 0 Å². The highest BCUT2D eigenvalue weighted by Gasteiger charge is 2.41. The predicted octanol–water partition coefficient (Wildman–Crippen LogP) is -2.15. The number of phenolic OH excluding ortho intramolecular Hbond substituents is 1. The van der Waals surface area contributed by atoms with Crippen molar-refractivity contribution in [3.8, 4) is 5.75 Å². The maximum Gasteiger partial charge on any atom is 0.326 e. The number of nitrogens with two attached hydrogens (primary N) is 3. The number of imidazole rings is 1.